The molecule has 0 aromatic rings. The number of hydrogen-bond donors (Lipinski definition) is 2. The first kappa shape index (κ1) is 21.2. The van der Waals surface area contributed by atoms with E-state index in [0.717, 1.165) is 51.6 Å². The van der Waals surface area contributed by atoms with Crippen LogP contribution in [-0.2, 0) is 4.74 Å². The lowest BCUT2D eigenvalue weighted by molar-refractivity contribution is 0.124. The van der Waals surface area contributed by atoms with Crippen molar-refractivity contribution < 1.29 is 4.74 Å². The standard InChI is InChI=1S/C18H39N5O/c1-5-22-10-12-23(13-11-22)16-17(3)15-21-18(19-4)20-9-7-8-14-24-6-2/h17H,5-16H2,1-4H3,(H2,19,20,21). The van der Waals surface area contributed by atoms with Gasteiger partial charge in [-0.05, 0) is 32.2 Å². The third-order valence-electron chi connectivity index (χ3n) is 4.54. The Kier molecular flexibility index (Phi) is 11.9. The molecule has 0 spiro atoms. The maximum Gasteiger partial charge on any atom is 0.190 e. The zero-order valence-corrected chi connectivity index (χ0v) is 16.3. The minimum absolute atomic E-state index is 0.620. The van der Waals surface area contributed by atoms with Crippen LogP contribution in [0.1, 0.15) is 33.6 Å². The number of guanidine groups is 1. The van der Waals surface area contributed by atoms with Crippen LogP contribution in [0.4, 0.5) is 0 Å². The number of rotatable bonds is 11. The Morgan fingerprint density at radius 3 is 2.42 bits per heavy atom. The molecule has 0 aromatic heterocycles. The minimum atomic E-state index is 0.620. The van der Waals surface area contributed by atoms with Crippen LogP contribution in [0.15, 0.2) is 4.99 Å². The van der Waals surface area contributed by atoms with Gasteiger partial charge >= 0.3 is 0 Å². The molecule has 1 heterocycles. The van der Waals surface area contributed by atoms with E-state index in [4.69, 9.17) is 4.74 Å². The first-order valence-electron chi connectivity index (χ1n) is 9.66. The Balaban J connectivity index is 2.09. The zero-order valence-electron chi connectivity index (χ0n) is 16.3. The Morgan fingerprint density at radius 2 is 1.79 bits per heavy atom. The Bertz CT molecular complexity index is 329. The summed E-state index contributed by atoms with van der Waals surface area (Å²) in [6, 6.07) is 0. The van der Waals surface area contributed by atoms with Gasteiger partial charge in [0.2, 0.25) is 0 Å². The van der Waals surface area contributed by atoms with Crippen LogP contribution in [-0.4, -0.2) is 88.4 Å². The minimum Gasteiger partial charge on any atom is -0.382 e. The van der Waals surface area contributed by atoms with Crippen LogP contribution in [0, 0.1) is 5.92 Å². The lowest BCUT2D eigenvalue weighted by Gasteiger charge is -2.35. The molecule has 24 heavy (non-hydrogen) atoms. The van der Waals surface area contributed by atoms with Gasteiger partial charge in [-0.15, -0.1) is 0 Å². The molecule has 0 bridgehead atoms. The van der Waals surface area contributed by atoms with E-state index in [9.17, 15) is 0 Å². The average Bonchev–Trinajstić information content (AvgIpc) is 2.61. The third kappa shape index (κ3) is 9.45. The molecule has 0 amide bonds. The van der Waals surface area contributed by atoms with E-state index in [1.165, 1.54) is 32.7 Å². The Hall–Kier alpha value is -0.850. The predicted octanol–water partition coefficient (Wildman–Crippen LogP) is 1.24. The summed E-state index contributed by atoms with van der Waals surface area (Å²) >= 11 is 0. The fourth-order valence-corrected chi connectivity index (χ4v) is 2.97. The summed E-state index contributed by atoms with van der Waals surface area (Å²) in [5.41, 5.74) is 0. The highest BCUT2D eigenvalue weighted by Gasteiger charge is 2.17. The van der Waals surface area contributed by atoms with Crippen molar-refractivity contribution in [2.45, 2.75) is 33.6 Å². The summed E-state index contributed by atoms with van der Waals surface area (Å²) in [6.07, 6.45) is 2.20. The molecule has 0 saturated carbocycles. The van der Waals surface area contributed by atoms with E-state index in [-0.39, 0.29) is 0 Å². The number of likely N-dealkylation sites (N-methyl/N-ethyl adjacent to an activating group) is 1. The SMILES string of the molecule is CCOCCCCNC(=NC)NCC(C)CN1CCN(CC)CC1. The van der Waals surface area contributed by atoms with E-state index in [0.29, 0.717) is 5.92 Å². The van der Waals surface area contributed by atoms with Gasteiger partial charge < -0.3 is 25.2 Å². The van der Waals surface area contributed by atoms with E-state index in [1.807, 2.05) is 14.0 Å². The van der Waals surface area contributed by atoms with Crippen LogP contribution < -0.4 is 10.6 Å². The van der Waals surface area contributed by atoms with Crippen molar-refractivity contribution in [3.05, 3.63) is 0 Å². The largest absolute Gasteiger partial charge is 0.382 e. The van der Waals surface area contributed by atoms with Crippen molar-refractivity contribution in [2.24, 2.45) is 10.9 Å². The molecular formula is C18H39N5O. The van der Waals surface area contributed by atoms with Gasteiger partial charge in [-0.2, -0.15) is 0 Å². The van der Waals surface area contributed by atoms with E-state index < -0.39 is 0 Å². The monoisotopic (exact) mass is 341 g/mol. The zero-order chi connectivity index (χ0) is 17.6. The maximum absolute atomic E-state index is 5.35. The van der Waals surface area contributed by atoms with Gasteiger partial charge in [-0.1, -0.05) is 13.8 Å². The van der Waals surface area contributed by atoms with Crippen molar-refractivity contribution in [2.75, 3.05) is 72.6 Å². The molecule has 0 aliphatic carbocycles. The molecule has 1 atom stereocenters. The Labute approximate surface area is 149 Å². The molecule has 1 fully saturated rings. The molecule has 0 radical (unpaired) electrons. The lowest BCUT2D eigenvalue weighted by atomic mass is 10.1. The topological polar surface area (TPSA) is 52.1 Å². The fourth-order valence-electron chi connectivity index (χ4n) is 2.97. The van der Waals surface area contributed by atoms with E-state index >= 15 is 0 Å². The summed E-state index contributed by atoms with van der Waals surface area (Å²) in [7, 11) is 1.84. The van der Waals surface area contributed by atoms with Crippen molar-refractivity contribution in [3.8, 4) is 0 Å². The van der Waals surface area contributed by atoms with Gasteiger partial charge in [0.25, 0.3) is 0 Å². The normalized spacial score (nSPS) is 18.6. The summed E-state index contributed by atoms with van der Waals surface area (Å²) in [5, 5.41) is 6.83. The van der Waals surface area contributed by atoms with Crippen molar-refractivity contribution in [3.63, 3.8) is 0 Å². The summed E-state index contributed by atoms with van der Waals surface area (Å²) < 4.78 is 5.35. The number of aliphatic imine (C=N–C) groups is 1. The maximum atomic E-state index is 5.35. The van der Waals surface area contributed by atoms with Crippen LogP contribution in [0.3, 0.4) is 0 Å². The first-order valence-corrected chi connectivity index (χ1v) is 9.66. The van der Waals surface area contributed by atoms with Crippen molar-refractivity contribution in [1.82, 2.24) is 20.4 Å². The summed E-state index contributed by atoms with van der Waals surface area (Å²) in [4.78, 5) is 9.41. The van der Waals surface area contributed by atoms with E-state index in [1.54, 1.807) is 0 Å². The molecular weight excluding hydrogens is 302 g/mol. The smallest absolute Gasteiger partial charge is 0.190 e. The second kappa shape index (κ2) is 13.4. The highest BCUT2D eigenvalue weighted by molar-refractivity contribution is 5.79. The van der Waals surface area contributed by atoms with Crippen LogP contribution in [0.25, 0.3) is 0 Å². The molecule has 1 saturated heterocycles. The molecule has 142 valence electrons. The third-order valence-corrected chi connectivity index (χ3v) is 4.54. The molecule has 1 unspecified atom stereocenters. The van der Waals surface area contributed by atoms with Gasteiger partial charge in [0.05, 0.1) is 0 Å². The molecule has 0 aromatic carbocycles. The Morgan fingerprint density at radius 1 is 1.08 bits per heavy atom. The number of piperazine rings is 1. The highest BCUT2D eigenvalue weighted by Crippen LogP contribution is 2.05. The lowest BCUT2D eigenvalue weighted by Crippen LogP contribution is -2.48. The molecule has 1 aliphatic rings. The number of ether oxygens (including phenoxy) is 1. The highest BCUT2D eigenvalue weighted by atomic mass is 16.5. The number of nitrogens with one attached hydrogen (secondary N) is 2. The van der Waals surface area contributed by atoms with Crippen LogP contribution in [0.5, 0.6) is 0 Å². The molecule has 6 nitrogen and oxygen atoms in total. The van der Waals surface area contributed by atoms with Gasteiger partial charge in [0.1, 0.15) is 0 Å². The van der Waals surface area contributed by atoms with Gasteiger partial charge in [0.15, 0.2) is 5.96 Å². The van der Waals surface area contributed by atoms with Crippen molar-refractivity contribution >= 4 is 5.96 Å². The van der Waals surface area contributed by atoms with Crippen LogP contribution in [0.2, 0.25) is 0 Å². The van der Waals surface area contributed by atoms with Crippen molar-refractivity contribution in [1.29, 1.82) is 0 Å². The summed E-state index contributed by atoms with van der Waals surface area (Å²) in [5.74, 6) is 1.53. The number of hydrogen-bond acceptors (Lipinski definition) is 4. The quantitative estimate of drug-likeness (QED) is 0.336. The second-order valence-electron chi connectivity index (χ2n) is 6.62. The molecule has 1 rings (SSSR count). The van der Waals surface area contributed by atoms with Gasteiger partial charge in [0, 0.05) is 66.1 Å². The average molecular weight is 342 g/mol. The van der Waals surface area contributed by atoms with Gasteiger partial charge in [-0.3, -0.25) is 4.99 Å². The van der Waals surface area contributed by atoms with Crippen LogP contribution >= 0.6 is 0 Å². The molecule has 6 heteroatoms. The predicted molar refractivity (Wildman–Crippen MR) is 103 cm³/mol. The van der Waals surface area contributed by atoms with Gasteiger partial charge in [-0.25, -0.2) is 0 Å². The second-order valence-corrected chi connectivity index (χ2v) is 6.62. The fraction of sp³-hybridized carbons (Fsp3) is 0.944. The number of nitrogens with zero attached hydrogens (tertiary/aromatic N) is 3. The van der Waals surface area contributed by atoms with E-state index in [2.05, 4.69) is 39.3 Å². The summed E-state index contributed by atoms with van der Waals surface area (Å²) in [6.45, 7) is 17.3. The first-order chi connectivity index (χ1) is 11.7. The molecule has 1 aliphatic heterocycles. The molecule has 2 N–H and O–H groups in total. The number of unbranched alkanes of at least 4 members (excludes halogenated alkanes) is 1.